The maximum absolute atomic E-state index is 5.26. The van der Waals surface area contributed by atoms with Gasteiger partial charge in [-0.25, -0.2) is 4.99 Å². The molecule has 0 radical (unpaired) electrons. The molecule has 0 amide bonds. The van der Waals surface area contributed by atoms with Gasteiger partial charge >= 0.3 is 0 Å². The van der Waals surface area contributed by atoms with Crippen molar-refractivity contribution < 1.29 is 0 Å². The normalized spacial score (nSPS) is 14.9. The average molecular weight is 426 g/mol. The van der Waals surface area contributed by atoms with Gasteiger partial charge in [0.05, 0.1) is 13.1 Å². The van der Waals surface area contributed by atoms with Crippen molar-refractivity contribution in [1.29, 1.82) is 0 Å². The van der Waals surface area contributed by atoms with Crippen LogP contribution in [-0.4, -0.2) is 37.0 Å². The van der Waals surface area contributed by atoms with Crippen LogP contribution in [0.15, 0.2) is 29.3 Å². The van der Waals surface area contributed by atoms with Gasteiger partial charge < -0.3 is 10.6 Å². The molecular weight excluding hydrogens is 399 g/mol. The Bertz CT molecular complexity index is 513. The van der Waals surface area contributed by atoms with E-state index in [1.165, 1.54) is 37.1 Å². The molecule has 1 fully saturated rings. The zero-order chi connectivity index (χ0) is 15.6. The van der Waals surface area contributed by atoms with Gasteiger partial charge in [-0.05, 0) is 44.0 Å². The molecular formula is C18H27IN4. The van der Waals surface area contributed by atoms with E-state index in [0.29, 0.717) is 13.1 Å². The number of nitrogens with one attached hydrogen (secondary N) is 2. The number of hydrogen-bond acceptors (Lipinski definition) is 2. The zero-order valence-corrected chi connectivity index (χ0v) is 16.2. The van der Waals surface area contributed by atoms with Crippen molar-refractivity contribution in [3.05, 3.63) is 35.4 Å². The van der Waals surface area contributed by atoms with Crippen LogP contribution in [0.3, 0.4) is 0 Å². The molecule has 1 heterocycles. The van der Waals surface area contributed by atoms with Crippen molar-refractivity contribution in [3.8, 4) is 12.3 Å². The molecule has 1 aromatic rings. The molecule has 1 aliphatic rings. The number of benzene rings is 1. The second-order valence-corrected chi connectivity index (χ2v) is 5.55. The average Bonchev–Trinajstić information content (AvgIpc) is 3.04. The number of likely N-dealkylation sites (tertiary alicyclic amines) is 1. The summed E-state index contributed by atoms with van der Waals surface area (Å²) in [5.41, 5.74) is 2.59. The smallest absolute Gasteiger partial charge is 0.192 e. The van der Waals surface area contributed by atoms with E-state index < -0.39 is 0 Å². The zero-order valence-electron chi connectivity index (χ0n) is 13.8. The van der Waals surface area contributed by atoms with Gasteiger partial charge in [-0.1, -0.05) is 30.2 Å². The van der Waals surface area contributed by atoms with Gasteiger partial charge in [0, 0.05) is 13.1 Å². The largest absolute Gasteiger partial charge is 0.357 e. The molecule has 0 spiro atoms. The minimum absolute atomic E-state index is 0. The van der Waals surface area contributed by atoms with E-state index in [0.717, 1.165) is 19.0 Å². The molecule has 5 heteroatoms. The van der Waals surface area contributed by atoms with Crippen LogP contribution in [0.1, 0.15) is 30.9 Å². The molecule has 1 aliphatic heterocycles. The first kappa shape index (κ1) is 19.8. The molecule has 2 N–H and O–H groups in total. The lowest BCUT2D eigenvalue weighted by atomic mass is 10.1. The molecule has 2 rings (SSSR count). The summed E-state index contributed by atoms with van der Waals surface area (Å²) in [5, 5.41) is 6.28. The Morgan fingerprint density at radius 2 is 1.83 bits per heavy atom. The second-order valence-electron chi connectivity index (χ2n) is 5.55. The lowest BCUT2D eigenvalue weighted by Gasteiger charge is -2.14. The van der Waals surface area contributed by atoms with E-state index >= 15 is 0 Å². The van der Waals surface area contributed by atoms with E-state index in [9.17, 15) is 0 Å². The third-order valence-electron chi connectivity index (χ3n) is 3.75. The monoisotopic (exact) mass is 426 g/mol. The van der Waals surface area contributed by atoms with Crippen LogP contribution < -0.4 is 10.6 Å². The number of terminal acetylenes is 1. The van der Waals surface area contributed by atoms with Crippen LogP contribution in [0.2, 0.25) is 0 Å². The molecule has 0 unspecified atom stereocenters. The van der Waals surface area contributed by atoms with Crippen molar-refractivity contribution in [3.63, 3.8) is 0 Å². The van der Waals surface area contributed by atoms with Gasteiger partial charge in [0.15, 0.2) is 5.96 Å². The van der Waals surface area contributed by atoms with E-state index in [1.54, 1.807) is 0 Å². The first-order chi connectivity index (χ1) is 10.8. The minimum atomic E-state index is 0. The van der Waals surface area contributed by atoms with Crippen LogP contribution in [0.25, 0.3) is 0 Å². The van der Waals surface area contributed by atoms with E-state index in [2.05, 4.69) is 50.7 Å². The summed E-state index contributed by atoms with van der Waals surface area (Å²) < 4.78 is 0. The highest BCUT2D eigenvalue weighted by molar-refractivity contribution is 14.0. The quantitative estimate of drug-likeness (QED) is 0.318. The molecule has 0 aromatic heterocycles. The summed E-state index contributed by atoms with van der Waals surface area (Å²) >= 11 is 0. The van der Waals surface area contributed by atoms with Crippen LogP contribution in [0.4, 0.5) is 0 Å². The molecule has 0 atom stereocenters. The maximum Gasteiger partial charge on any atom is 0.192 e. The van der Waals surface area contributed by atoms with Crippen LogP contribution in [0, 0.1) is 12.3 Å². The van der Waals surface area contributed by atoms with Crippen molar-refractivity contribution in [2.24, 2.45) is 4.99 Å². The summed E-state index contributed by atoms with van der Waals surface area (Å²) in [6.07, 6.45) is 7.94. The predicted octanol–water partition coefficient (Wildman–Crippen LogP) is 2.59. The highest BCUT2D eigenvalue weighted by Gasteiger charge is 2.11. The number of aliphatic imine (C=N–C) groups is 1. The Morgan fingerprint density at radius 1 is 1.17 bits per heavy atom. The first-order valence-corrected chi connectivity index (χ1v) is 8.07. The summed E-state index contributed by atoms with van der Waals surface area (Å²) in [4.78, 5) is 7.06. The third kappa shape index (κ3) is 7.23. The molecule has 1 aromatic carbocycles. The number of halogens is 1. The van der Waals surface area contributed by atoms with Crippen LogP contribution >= 0.6 is 24.0 Å². The van der Waals surface area contributed by atoms with Gasteiger partial charge in [0.2, 0.25) is 0 Å². The molecule has 0 saturated carbocycles. The maximum atomic E-state index is 5.26. The lowest BCUT2D eigenvalue weighted by molar-refractivity contribution is 0.331. The first-order valence-electron chi connectivity index (χ1n) is 8.07. The van der Waals surface area contributed by atoms with Crippen molar-refractivity contribution >= 4 is 29.9 Å². The van der Waals surface area contributed by atoms with Crippen LogP contribution in [0.5, 0.6) is 0 Å². The number of nitrogens with zero attached hydrogens (tertiary/aromatic N) is 2. The van der Waals surface area contributed by atoms with Gasteiger partial charge in [0.25, 0.3) is 0 Å². The highest BCUT2D eigenvalue weighted by atomic mass is 127. The fraction of sp³-hybridized carbons (Fsp3) is 0.500. The third-order valence-corrected chi connectivity index (χ3v) is 3.75. The van der Waals surface area contributed by atoms with Gasteiger partial charge in [0.1, 0.15) is 0 Å². The summed E-state index contributed by atoms with van der Waals surface area (Å²) in [6.45, 7) is 7.55. The van der Waals surface area contributed by atoms with Gasteiger partial charge in [-0.3, -0.25) is 4.90 Å². The number of rotatable bonds is 6. The van der Waals surface area contributed by atoms with Gasteiger partial charge in [-0.2, -0.15) is 0 Å². The van der Waals surface area contributed by atoms with E-state index in [-0.39, 0.29) is 24.0 Å². The highest BCUT2D eigenvalue weighted by Crippen LogP contribution is 2.13. The summed E-state index contributed by atoms with van der Waals surface area (Å²) in [7, 11) is 0. The predicted molar refractivity (Wildman–Crippen MR) is 108 cm³/mol. The molecule has 1 saturated heterocycles. The molecule has 126 valence electrons. The van der Waals surface area contributed by atoms with Crippen LogP contribution in [-0.2, 0) is 13.1 Å². The Morgan fingerprint density at radius 3 is 2.43 bits per heavy atom. The Balaban J connectivity index is 0.00000264. The van der Waals surface area contributed by atoms with E-state index in [1.807, 2.05) is 6.92 Å². The Kier molecular flexibility index (Phi) is 9.72. The van der Waals surface area contributed by atoms with E-state index in [4.69, 9.17) is 6.42 Å². The molecule has 4 nitrogen and oxygen atoms in total. The second kappa shape index (κ2) is 11.3. The van der Waals surface area contributed by atoms with Crippen molar-refractivity contribution in [2.45, 2.75) is 32.9 Å². The fourth-order valence-corrected chi connectivity index (χ4v) is 2.60. The summed E-state index contributed by atoms with van der Waals surface area (Å²) in [5.74, 6) is 3.33. The standard InChI is InChI=1S/C18H26N4.HI/c1-3-11-20-18(19-4-2)21-14-16-7-9-17(10-8-16)15-22-12-5-6-13-22;/h1,7-10H,4-6,11-15H2,2H3,(H2,19,20,21);1H. The van der Waals surface area contributed by atoms with Gasteiger partial charge in [-0.15, -0.1) is 30.4 Å². The SMILES string of the molecule is C#CCNC(=NCc1ccc(CN2CCCC2)cc1)NCC.I. The fourth-order valence-electron chi connectivity index (χ4n) is 2.60. The molecule has 0 bridgehead atoms. The summed E-state index contributed by atoms with van der Waals surface area (Å²) in [6, 6.07) is 8.76. The number of hydrogen-bond donors (Lipinski definition) is 2. The topological polar surface area (TPSA) is 39.7 Å². The number of guanidine groups is 1. The van der Waals surface area contributed by atoms with Crippen molar-refractivity contribution in [1.82, 2.24) is 15.5 Å². The lowest BCUT2D eigenvalue weighted by Crippen LogP contribution is -2.37. The molecule has 23 heavy (non-hydrogen) atoms. The molecule has 0 aliphatic carbocycles. The Labute approximate surface area is 157 Å². The minimum Gasteiger partial charge on any atom is -0.357 e. The Hall–Kier alpha value is -1.26. The van der Waals surface area contributed by atoms with Crippen molar-refractivity contribution in [2.75, 3.05) is 26.2 Å².